The molecule has 1 aromatic rings. The Kier molecular flexibility index (Phi) is 7.83. The smallest absolute Gasteiger partial charge is 0.155 e. The maximum Gasteiger partial charge on any atom is 0.155 e. The van der Waals surface area contributed by atoms with Gasteiger partial charge in [-0.25, -0.2) is 14.4 Å². The number of anilines is 1. The van der Waals surface area contributed by atoms with E-state index in [1.54, 1.807) is 6.08 Å². The van der Waals surface area contributed by atoms with Gasteiger partial charge in [0.05, 0.1) is 0 Å². The van der Waals surface area contributed by atoms with Gasteiger partial charge in [-0.15, -0.1) is 24.8 Å². The van der Waals surface area contributed by atoms with Crippen molar-refractivity contribution in [3.8, 4) is 0 Å². The zero-order valence-corrected chi connectivity index (χ0v) is 16.5. The highest BCUT2D eigenvalue weighted by atomic mass is 35.5. The van der Waals surface area contributed by atoms with Gasteiger partial charge in [0.2, 0.25) is 0 Å². The number of aryl methyl sites for hydroxylation is 1. The van der Waals surface area contributed by atoms with Crippen LogP contribution >= 0.6 is 24.8 Å². The second-order valence-electron chi connectivity index (χ2n) is 6.71. The van der Waals surface area contributed by atoms with Crippen molar-refractivity contribution >= 4 is 30.6 Å². The van der Waals surface area contributed by atoms with E-state index in [2.05, 4.69) is 21.8 Å². The van der Waals surface area contributed by atoms with Crippen LogP contribution in [-0.4, -0.2) is 29.1 Å². The molecule has 6 nitrogen and oxygen atoms in total. The monoisotopic (exact) mass is 404 g/mol. The van der Waals surface area contributed by atoms with Crippen molar-refractivity contribution in [1.82, 2.24) is 9.97 Å². The Bertz CT molecular complexity index is 696. The standard InChI is InChI=1S/C17H25FN6.2ClH/c1-2-3-12-8-15(24-7-5-11(19)10-24)23-16(22-12)17(21)6-4-13(18)14(20)9-17;;/h4,6,8,11H,2-3,5,7,9-10,19-21H2,1H3;2*1H. The SMILES string of the molecule is CCCc1cc(N2CCC(N)C2)nc(C2(N)C=CC(F)=C(N)C2)n1.Cl.Cl. The third kappa shape index (κ3) is 4.65. The summed E-state index contributed by atoms with van der Waals surface area (Å²) in [4.78, 5) is 11.4. The molecule has 0 radical (unpaired) electrons. The molecule has 2 heterocycles. The molecular weight excluding hydrogens is 378 g/mol. The number of nitrogens with zero attached hydrogens (tertiary/aromatic N) is 3. The van der Waals surface area contributed by atoms with Crippen molar-refractivity contribution < 1.29 is 4.39 Å². The Morgan fingerprint density at radius 3 is 2.65 bits per heavy atom. The van der Waals surface area contributed by atoms with Gasteiger partial charge in [-0.3, -0.25) is 0 Å². The van der Waals surface area contributed by atoms with Gasteiger partial charge >= 0.3 is 0 Å². The molecule has 26 heavy (non-hydrogen) atoms. The highest BCUT2D eigenvalue weighted by Crippen LogP contribution is 2.31. The zero-order chi connectivity index (χ0) is 17.3. The molecule has 0 aromatic carbocycles. The fourth-order valence-corrected chi connectivity index (χ4v) is 3.17. The van der Waals surface area contributed by atoms with E-state index < -0.39 is 11.4 Å². The van der Waals surface area contributed by atoms with E-state index >= 15 is 0 Å². The molecule has 0 bridgehead atoms. The van der Waals surface area contributed by atoms with Crippen LogP contribution in [0.15, 0.2) is 29.7 Å². The van der Waals surface area contributed by atoms with Crippen LogP contribution in [0.25, 0.3) is 0 Å². The van der Waals surface area contributed by atoms with E-state index in [1.165, 1.54) is 6.08 Å². The third-order valence-electron chi connectivity index (χ3n) is 4.55. The number of halogens is 3. The lowest BCUT2D eigenvalue weighted by molar-refractivity contribution is 0.484. The maximum atomic E-state index is 13.6. The molecule has 6 N–H and O–H groups in total. The van der Waals surface area contributed by atoms with Gasteiger partial charge in [-0.1, -0.05) is 19.4 Å². The molecule has 2 atom stereocenters. The van der Waals surface area contributed by atoms with Crippen molar-refractivity contribution in [3.63, 3.8) is 0 Å². The second-order valence-corrected chi connectivity index (χ2v) is 6.71. The summed E-state index contributed by atoms with van der Waals surface area (Å²) in [6, 6.07) is 2.16. The predicted octanol–water partition coefficient (Wildman–Crippen LogP) is 2.06. The second kappa shape index (κ2) is 8.99. The molecule has 1 fully saturated rings. The Morgan fingerprint density at radius 1 is 1.35 bits per heavy atom. The molecule has 1 aromatic heterocycles. The maximum absolute atomic E-state index is 13.6. The Balaban J connectivity index is 0.00000169. The molecule has 9 heteroatoms. The number of aromatic nitrogens is 2. The molecule has 2 unspecified atom stereocenters. The molecule has 146 valence electrons. The molecule has 1 aliphatic heterocycles. The van der Waals surface area contributed by atoms with Crippen molar-refractivity contribution in [2.45, 2.75) is 44.2 Å². The van der Waals surface area contributed by atoms with Gasteiger partial charge in [0.25, 0.3) is 0 Å². The molecular formula is C17H27Cl2FN6. The minimum Gasteiger partial charge on any atom is -0.400 e. The summed E-state index contributed by atoms with van der Waals surface area (Å²) in [7, 11) is 0. The van der Waals surface area contributed by atoms with Gasteiger partial charge in [-0.05, 0) is 18.9 Å². The minimum absolute atomic E-state index is 0. The van der Waals surface area contributed by atoms with E-state index in [0.717, 1.165) is 43.9 Å². The third-order valence-corrected chi connectivity index (χ3v) is 4.55. The minimum atomic E-state index is -0.986. The molecule has 2 aliphatic rings. The van der Waals surface area contributed by atoms with E-state index in [1.807, 2.05) is 6.07 Å². The number of hydrogen-bond acceptors (Lipinski definition) is 6. The van der Waals surface area contributed by atoms with E-state index in [4.69, 9.17) is 17.2 Å². The van der Waals surface area contributed by atoms with Crippen LogP contribution in [0.4, 0.5) is 10.2 Å². The normalized spacial score (nSPS) is 25.1. The summed E-state index contributed by atoms with van der Waals surface area (Å²) >= 11 is 0. The Hall–Kier alpha value is -1.41. The molecule has 0 amide bonds. The largest absolute Gasteiger partial charge is 0.400 e. The molecule has 0 saturated carbocycles. The zero-order valence-electron chi connectivity index (χ0n) is 14.8. The Labute approximate surface area is 165 Å². The number of allylic oxidation sites excluding steroid dienone is 2. The van der Waals surface area contributed by atoms with Crippen LogP contribution in [0.5, 0.6) is 0 Å². The van der Waals surface area contributed by atoms with Crippen LogP contribution < -0.4 is 22.1 Å². The molecule has 1 saturated heterocycles. The first-order chi connectivity index (χ1) is 11.4. The predicted molar refractivity (Wildman–Crippen MR) is 107 cm³/mol. The summed E-state index contributed by atoms with van der Waals surface area (Å²) in [6.07, 6.45) is 5.83. The van der Waals surface area contributed by atoms with Crippen molar-refractivity contribution in [1.29, 1.82) is 0 Å². The first kappa shape index (κ1) is 22.6. The fraction of sp³-hybridized carbons (Fsp3) is 0.529. The fourth-order valence-electron chi connectivity index (χ4n) is 3.17. The summed E-state index contributed by atoms with van der Waals surface area (Å²) < 4.78 is 13.6. The number of nitrogens with two attached hydrogens (primary N) is 3. The van der Waals surface area contributed by atoms with Crippen molar-refractivity contribution in [3.05, 3.63) is 41.3 Å². The molecule has 0 spiro atoms. The molecule has 3 rings (SSSR count). The van der Waals surface area contributed by atoms with E-state index in [0.29, 0.717) is 5.82 Å². The van der Waals surface area contributed by atoms with E-state index in [-0.39, 0.29) is 43.0 Å². The van der Waals surface area contributed by atoms with Crippen LogP contribution in [0.1, 0.15) is 37.7 Å². The van der Waals surface area contributed by atoms with Crippen LogP contribution in [-0.2, 0) is 12.0 Å². The van der Waals surface area contributed by atoms with Gasteiger partial charge in [0, 0.05) is 43.0 Å². The lowest BCUT2D eigenvalue weighted by atomic mass is 9.89. The summed E-state index contributed by atoms with van der Waals surface area (Å²) in [5.41, 5.74) is 18.3. The lowest BCUT2D eigenvalue weighted by Gasteiger charge is -2.29. The molecule has 1 aliphatic carbocycles. The average molecular weight is 405 g/mol. The van der Waals surface area contributed by atoms with Gasteiger partial charge in [0.1, 0.15) is 17.2 Å². The van der Waals surface area contributed by atoms with Crippen LogP contribution in [0, 0.1) is 0 Å². The Morgan fingerprint density at radius 2 is 2.08 bits per heavy atom. The first-order valence-corrected chi connectivity index (χ1v) is 8.42. The van der Waals surface area contributed by atoms with Gasteiger partial charge in [-0.2, -0.15) is 0 Å². The topological polar surface area (TPSA) is 107 Å². The van der Waals surface area contributed by atoms with Crippen LogP contribution in [0.3, 0.4) is 0 Å². The highest BCUT2D eigenvalue weighted by Gasteiger charge is 2.33. The van der Waals surface area contributed by atoms with Crippen LogP contribution in [0.2, 0.25) is 0 Å². The highest BCUT2D eigenvalue weighted by molar-refractivity contribution is 5.85. The van der Waals surface area contributed by atoms with E-state index in [9.17, 15) is 4.39 Å². The number of rotatable bonds is 4. The quantitative estimate of drug-likeness (QED) is 0.708. The number of hydrogen-bond donors (Lipinski definition) is 3. The average Bonchev–Trinajstić information content (AvgIpc) is 2.98. The van der Waals surface area contributed by atoms with Gasteiger partial charge < -0.3 is 22.1 Å². The lowest BCUT2D eigenvalue weighted by Crippen LogP contribution is -2.40. The summed E-state index contributed by atoms with van der Waals surface area (Å²) in [5, 5.41) is 0. The van der Waals surface area contributed by atoms with Crippen molar-refractivity contribution in [2.75, 3.05) is 18.0 Å². The van der Waals surface area contributed by atoms with Crippen molar-refractivity contribution in [2.24, 2.45) is 17.2 Å². The van der Waals surface area contributed by atoms with Gasteiger partial charge in [0.15, 0.2) is 5.82 Å². The summed E-state index contributed by atoms with van der Waals surface area (Å²) in [5.74, 6) is 0.880. The summed E-state index contributed by atoms with van der Waals surface area (Å²) in [6.45, 7) is 3.74. The first-order valence-electron chi connectivity index (χ1n) is 8.42.